The molecule has 0 aliphatic rings. The van der Waals surface area contributed by atoms with E-state index in [-0.39, 0.29) is 83.5 Å². The molecule has 2 radical (unpaired) electrons. The van der Waals surface area contributed by atoms with Crippen molar-refractivity contribution in [2.75, 3.05) is 0 Å². The third kappa shape index (κ3) is 45.9. The molecule has 1 aromatic carbocycles. The standard InChI is InChI=1S/C7H7ClO.2Ce.3O5P2/c8-7(9)6-4-2-1-3-5-6;;;3*1-6(2)5-7(3)4/h1-5,7,9H;;;;;/q;2*+3;;;. The van der Waals surface area contributed by atoms with Crippen molar-refractivity contribution in [2.24, 2.45) is 0 Å². The maximum absolute atomic E-state index is 9.24. The van der Waals surface area contributed by atoms with Gasteiger partial charge >= 0.3 is 133 Å². The average molecular weight is 849 g/mol. The Morgan fingerprint density at radius 3 is 0.938 bits per heavy atom. The summed E-state index contributed by atoms with van der Waals surface area (Å²) in [5.74, 6) is 0. The zero-order valence-corrected chi connectivity index (χ0v) is 27.0. The van der Waals surface area contributed by atoms with Crippen molar-refractivity contribution in [2.45, 2.75) is 5.56 Å². The van der Waals surface area contributed by atoms with E-state index in [1.807, 2.05) is 18.2 Å². The van der Waals surface area contributed by atoms with E-state index in [2.05, 4.69) is 12.9 Å². The van der Waals surface area contributed by atoms with Crippen LogP contribution in [0.15, 0.2) is 30.3 Å². The fraction of sp³-hybridized carbons (Fsp3) is 0.143. The van der Waals surface area contributed by atoms with E-state index in [0.29, 0.717) is 0 Å². The van der Waals surface area contributed by atoms with Crippen LogP contribution in [0.3, 0.4) is 0 Å². The van der Waals surface area contributed by atoms with E-state index in [0.717, 1.165) is 5.56 Å². The molecule has 32 heavy (non-hydrogen) atoms. The molecule has 0 fully saturated rings. The Balaban J connectivity index is -0.000000100. The molecule has 1 N–H and O–H groups in total. The van der Waals surface area contributed by atoms with Crippen LogP contribution in [0.4, 0.5) is 0 Å². The number of aliphatic hydroxyl groups excluding tert-OH is 1. The molecule has 16 nitrogen and oxygen atoms in total. The largest absolute Gasteiger partial charge is 3.00 e. The van der Waals surface area contributed by atoms with Crippen LogP contribution in [0.5, 0.6) is 0 Å². The minimum atomic E-state index is -3.24. The maximum atomic E-state index is 9.24. The third-order valence-electron chi connectivity index (χ3n) is 1.47. The first-order chi connectivity index (χ1) is 13.7. The molecule has 7 atom stereocenters. The summed E-state index contributed by atoms with van der Waals surface area (Å²) < 4.78 is 64.9. The average Bonchev–Trinajstić information content (AvgIpc) is 2.53. The summed E-state index contributed by atoms with van der Waals surface area (Å²) in [6, 6.07) is 9.10. The molecule has 7 unspecified atom stereocenters. The van der Waals surface area contributed by atoms with Crippen LogP contribution >= 0.6 is 61.1 Å². The molecule has 0 spiro atoms. The van der Waals surface area contributed by atoms with Crippen molar-refractivity contribution < 1.29 is 158 Å². The normalized spacial score (nSPS) is 12.5. The van der Waals surface area contributed by atoms with Crippen LogP contribution in [0, 0.1) is 83.5 Å². The van der Waals surface area contributed by atoms with Crippen LogP contribution in [0.25, 0.3) is 0 Å². The van der Waals surface area contributed by atoms with E-state index >= 15 is 0 Å². The Morgan fingerprint density at radius 1 is 0.625 bits per heavy atom. The van der Waals surface area contributed by atoms with Gasteiger partial charge < -0.3 is 34.5 Å². The summed E-state index contributed by atoms with van der Waals surface area (Å²) >= 11 is 5.36. The minimum absolute atomic E-state index is 0. The summed E-state index contributed by atoms with van der Waals surface area (Å²) in [5, 5.41) is 8.79. The van der Waals surface area contributed by atoms with Gasteiger partial charge in [-0.2, -0.15) is 0 Å². The van der Waals surface area contributed by atoms with Crippen molar-refractivity contribution in [3.8, 4) is 0 Å². The predicted molar refractivity (Wildman–Crippen MR) is 86.1 cm³/mol. The van der Waals surface area contributed by atoms with Gasteiger partial charge in [0.25, 0.3) is 0 Å². The van der Waals surface area contributed by atoms with Crippen molar-refractivity contribution in [1.29, 1.82) is 0 Å². The van der Waals surface area contributed by atoms with Gasteiger partial charge in [-0.1, -0.05) is 41.9 Å². The van der Waals surface area contributed by atoms with E-state index in [1.165, 1.54) is 0 Å². The molecule has 170 valence electrons. The molecule has 0 saturated heterocycles. The topological polar surface area (TPSA) is 289 Å². The van der Waals surface area contributed by atoms with Crippen LogP contribution in [-0.4, -0.2) is 5.11 Å². The molecule has 0 amide bonds. The van der Waals surface area contributed by atoms with E-state index in [4.69, 9.17) is 16.7 Å². The van der Waals surface area contributed by atoms with Crippen molar-refractivity contribution >= 4 is 61.1 Å². The second-order valence-corrected chi connectivity index (χ2v) is 8.39. The van der Waals surface area contributed by atoms with E-state index in [1.54, 1.807) is 12.1 Å². The van der Waals surface area contributed by atoms with Crippen molar-refractivity contribution in [3.05, 3.63) is 35.9 Å². The van der Waals surface area contributed by atoms with Gasteiger partial charge in [0.15, 0.2) is 5.56 Å². The molecule has 0 bridgehead atoms. The maximum Gasteiger partial charge on any atom is 3.00 e. The molecule has 0 aromatic heterocycles. The molecule has 1 aromatic rings. The predicted octanol–water partition coefficient (Wildman–Crippen LogP) is -0.969. The van der Waals surface area contributed by atoms with Gasteiger partial charge in [0.05, 0.1) is 0 Å². The second kappa shape index (κ2) is 29.7. The van der Waals surface area contributed by atoms with Crippen molar-refractivity contribution in [1.82, 2.24) is 0 Å². The molecule has 1 rings (SSSR count). The van der Waals surface area contributed by atoms with E-state index < -0.39 is 55.1 Å². The number of halogens is 1. The van der Waals surface area contributed by atoms with Crippen LogP contribution in [0.1, 0.15) is 11.1 Å². The first-order valence-electron chi connectivity index (χ1n) is 5.96. The van der Waals surface area contributed by atoms with Gasteiger partial charge in [0.1, 0.15) is 12.9 Å². The first kappa shape index (κ1) is 44.5. The number of hydrogen-bond donors (Lipinski definition) is 1. The third-order valence-corrected chi connectivity index (χ3v) is 4.93. The van der Waals surface area contributed by atoms with Crippen LogP contribution in [0.2, 0.25) is 0 Å². The number of alkyl halides is 1. The van der Waals surface area contributed by atoms with Gasteiger partial charge in [-0.15, -0.1) is 0 Å². The fourth-order valence-electron chi connectivity index (χ4n) is 0.775. The number of rotatable bonds is 7. The zero-order chi connectivity index (χ0) is 24.3. The first-order valence-corrected chi connectivity index (χ1v) is 13.0. The van der Waals surface area contributed by atoms with E-state index in [9.17, 15) is 56.8 Å². The molecule has 0 aliphatic carbocycles. The second-order valence-electron chi connectivity index (χ2n) is 3.33. The quantitative estimate of drug-likeness (QED) is 0.255. The van der Waals surface area contributed by atoms with Crippen molar-refractivity contribution in [3.63, 3.8) is 0 Å². The zero-order valence-electron chi connectivity index (χ0n) is 14.6. The number of hydrogen-bond acceptors (Lipinski definition) is 16. The molecular formula is C7H7Ce2ClO16P6+6. The molecule has 0 aliphatic heterocycles. The minimum Gasteiger partial charge on any atom is -0.563 e. The Morgan fingerprint density at radius 2 is 0.844 bits per heavy atom. The Labute approximate surface area is 257 Å². The van der Waals surface area contributed by atoms with Gasteiger partial charge in [-0.05, 0) is 33.0 Å². The Hall–Kier alpha value is 2.46. The number of benzene rings is 1. The van der Waals surface area contributed by atoms with Crippen LogP contribution in [-0.2, 0) is 40.3 Å². The van der Waals surface area contributed by atoms with Crippen LogP contribution < -0.4 is 29.4 Å². The summed E-state index contributed by atoms with van der Waals surface area (Å²) in [6.45, 7) is 0. The SMILES string of the molecule is O=[P+]([O-])O[P+](=O)[O-].O=[P+]([O-])O[P+](=O)[O-].O=[P+]([O-])O[P+](=O)[O-].OC(Cl)c1ccccc1.[Ce+3].[Ce+3]. The van der Waals surface area contributed by atoms with Gasteiger partial charge in [0, 0.05) is 0 Å². The molecular weight excluding hydrogens is 842 g/mol. The number of aliphatic hydroxyl groups is 1. The smallest absolute Gasteiger partial charge is 0.563 e. The monoisotopic (exact) mass is 848 g/mol. The summed E-state index contributed by atoms with van der Waals surface area (Å²) in [4.78, 5) is 55.4. The summed E-state index contributed by atoms with van der Waals surface area (Å²) in [7, 11) is -19.4. The molecule has 25 heteroatoms. The van der Waals surface area contributed by atoms with Gasteiger partial charge in [-0.3, -0.25) is 0 Å². The summed E-state index contributed by atoms with van der Waals surface area (Å²) in [6.07, 6.45) is 0. The summed E-state index contributed by atoms with van der Waals surface area (Å²) in [5.41, 5.74) is -0.134. The molecule has 0 heterocycles. The van der Waals surface area contributed by atoms with Gasteiger partial charge in [0.2, 0.25) is 0 Å². The fourth-order valence-corrected chi connectivity index (χ4v) is 2.23. The molecule has 0 saturated carbocycles. The Kier molecular flexibility index (Phi) is 41.2. The Bertz CT molecular complexity index is 626. The van der Waals surface area contributed by atoms with Gasteiger partial charge in [-0.25, -0.2) is 0 Å².